The molecule has 0 saturated carbocycles. The quantitative estimate of drug-likeness (QED) is 0.580. The third-order valence-corrected chi connectivity index (χ3v) is 3.91. The molecule has 1 aliphatic rings. The number of fused-ring (bicyclic) bond motifs is 1. The van der Waals surface area contributed by atoms with Crippen molar-refractivity contribution in [3.05, 3.63) is 119 Å². The predicted molar refractivity (Wildman–Crippen MR) is 106 cm³/mol. The van der Waals surface area contributed by atoms with Crippen molar-refractivity contribution in [1.29, 1.82) is 0 Å². The number of carbonyl (C=O) groups is 2. The molecule has 0 N–H and O–H groups in total. The average Bonchev–Trinajstić information content (AvgIpc) is 2.72. The van der Waals surface area contributed by atoms with E-state index in [1.165, 1.54) is 23.3 Å². The van der Waals surface area contributed by atoms with Gasteiger partial charge in [0.1, 0.15) is 0 Å². The summed E-state index contributed by atoms with van der Waals surface area (Å²) >= 11 is 0. The zero-order valence-electron chi connectivity index (χ0n) is 14.2. The molecule has 0 aliphatic heterocycles. The van der Waals surface area contributed by atoms with Crippen LogP contribution in [-0.4, -0.2) is 11.6 Å². The Balaban J connectivity index is 0.000000152. The van der Waals surface area contributed by atoms with E-state index in [0.717, 1.165) is 0 Å². The largest absolute Gasteiger partial charge is 0.289 e. The maximum Gasteiger partial charge on any atom is 0.186 e. The van der Waals surface area contributed by atoms with Gasteiger partial charge in [-0.2, -0.15) is 0 Å². The minimum absolute atomic E-state index is 0.0924. The van der Waals surface area contributed by atoms with Crippen molar-refractivity contribution >= 4 is 23.7 Å². The summed E-state index contributed by atoms with van der Waals surface area (Å²) in [7, 11) is 0. The summed E-state index contributed by atoms with van der Waals surface area (Å²) in [6.45, 7) is 0. The minimum atomic E-state index is -0.0924. The van der Waals surface area contributed by atoms with Gasteiger partial charge in [-0.05, 0) is 23.3 Å². The van der Waals surface area contributed by atoms with E-state index in [1.807, 2.05) is 36.4 Å². The molecule has 0 heterocycles. The van der Waals surface area contributed by atoms with Gasteiger partial charge in [-0.25, -0.2) is 0 Å². The summed E-state index contributed by atoms with van der Waals surface area (Å²) in [4.78, 5) is 22.4. The van der Waals surface area contributed by atoms with Gasteiger partial charge >= 0.3 is 0 Å². The van der Waals surface area contributed by atoms with E-state index in [2.05, 4.69) is 36.4 Å². The van der Waals surface area contributed by atoms with Gasteiger partial charge in [-0.15, -0.1) is 0 Å². The molecule has 0 saturated heterocycles. The molecule has 2 heteroatoms. The van der Waals surface area contributed by atoms with E-state index in [1.54, 1.807) is 24.3 Å². The first kappa shape index (κ1) is 17.3. The fourth-order valence-electron chi connectivity index (χ4n) is 2.56. The highest BCUT2D eigenvalue weighted by Crippen LogP contribution is 2.15. The monoisotopic (exact) mass is 338 g/mol. The summed E-state index contributed by atoms with van der Waals surface area (Å²) in [6, 6.07) is 27.5. The lowest BCUT2D eigenvalue weighted by atomic mass is 9.95. The maximum atomic E-state index is 11.2. The first-order valence-corrected chi connectivity index (χ1v) is 8.38. The van der Waals surface area contributed by atoms with Crippen molar-refractivity contribution in [1.82, 2.24) is 0 Å². The van der Waals surface area contributed by atoms with Crippen molar-refractivity contribution < 1.29 is 9.59 Å². The van der Waals surface area contributed by atoms with Crippen LogP contribution in [0.15, 0.2) is 97.1 Å². The second-order valence-corrected chi connectivity index (χ2v) is 5.76. The van der Waals surface area contributed by atoms with E-state index < -0.39 is 0 Å². The molecule has 0 amide bonds. The van der Waals surface area contributed by atoms with Crippen molar-refractivity contribution in [3.63, 3.8) is 0 Å². The molecule has 0 aromatic heterocycles. The molecule has 0 bridgehead atoms. The second-order valence-electron chi connectivity index (χ2n) is 5.76. The van der Waals surface area contributed by atoms with Crippen LogP contribution in [0.5, 0.6) is 0 Å². The lowest BCUT2D eigenvalue weighted by molar-refractivity contribution is 0.0994. The number of hydrogen-bond acceptors (Lipinski definition) is 2. The van der Waals surface area contributed by atoms with Crippen LogP contribution < -0.4 is 0 Å². The van der Waals surface area contributed by atoms with Gasteiger partial charge in [-0.3, -0.25) is 9.59 Å². The molecule has 0 unspecified atom stereocenters. The molecule has 0 spiro atoms. The van der Waals surface area contributed by atoms with Gasteiger partial charge in [-0.1, -0.05) is 97.1 Å². The summed E-state index contributed by atoms with van der Waals surface area (Å²) in [5.74, 6) is -0.185. The van der Waals surface area contributed by atoms with Crippen LogP contribution in [0.2, 0.25) is 0 Å². The summed E-state index contributed by atoms with van der Waals surface area (Å²) < 4.78 is 0. The molecular weight excluding hydrogens is 320 g/mol. The first-order valence-electron chi connectivity index (χ1n) is 8.38. The zero-order valence-corrected chi connectivity index (χ0v) is 14.2. The van der Waals surface area contributed by atoms with Gasteiger partial charge in [0.15, 0.2) is 11.6 Å². The topological polar surface area (TPSA) is 34.1 Å². The molecule has 3 aromatic rings. The maximum absolute atomic E-state index is 11.2. The van der Waals surface area contributed by atoms with Crippen LogP contribution in [-0.2, 0) is 0 Å². The molecule has 3 aromatic carbocycles. The lowest BCUT2D eigenvalue weighted by Gasteiger charge is -2.06. The number of benzene rings is 3. The van der Waals surface area contributed by atoms with Crippen LogP contribution in [0.1, 0.15) is 31.8 Å². The van der Waals surface area contributed by atoms with Gasteiger partial charge in [0.25, 0.3) is 0 Å². The second kappa shape index (κ2) is 8.54. The third-order valence-electron chi connectivity index (χ3n) is 3.91. The van der Waals surface area contributed by atoms with E-state index in [9.17, 15) is 9.59 Å². The number of hydrogen-bond donors (Lipinski definition) is 0. The van der Waals surface area contributed by atoms with Gasteiger partial charge in [0.05, 0.1) is 0 Å². The Bertz CT molecular complexity index is 873. The Kier molecular flexibility index (Phi) is 5.69. The molecule has 126 valence electrons. The summed E-state index contributed by atoms with van der Waals surface area (Å²) in [5, 5.41) is 0. The van der Waals surface area contributed by atoms with Crippen LogP contribution in [0, 0.1) is 0 Å². The minimum Gasteiger partial charge on any atom is -0.289 e. The molecule has 0 fully saturated rings. The van der Waals surface area contributed by atoms with Crippen molar-refractivity contribution in [2.75, 3.05) is 0 Å². The molecule has 1 aliphatic carbocycles. The fourth-order valence-corrected chi connectivity index (χ4v) is 2.56. The number of rotatable bonds is 2. The fraction of sp³-hybridized carbons (Fsp3) is 0. The molecule has 0 atom stereocenters. The number of carbonyl (C=O) groups excluding carboxylic acids is 2. The predicted octanol–water partition coefficient (Wildman–Crippen LogP) is 5.48. The normalized spacial score (nSPS) is 12.5. The van der Waals surface area contributed by atoms with Gasteiger partial charge in [0.2, 0.25) is 0 Å². The highest BCUT2D eigenvalue weighted by molar-refractivity contribution is 6.21. The third kappa shape index (κ3) is 4.52. The van der Waals surface area contributed by atoms with Crippen LogP contribution >= 0.6 is 0 Å². The zero-order chi connectivity index (χ0) is 18.2. The molecule has 2 nitrogen and oxygen atoms in total. The van der Waals surface area contributed by atoms with Gasteiger partial charge < -0.3 is 0 Å². The molecule has 0 radical (unpaired) electrons. The standard InChI is InChI=1S/C14H12.C10H6O2/c1-3-7-13(8-4-1)11-12-14-9-5-2-6-10-14;11-9-5-6-10(12)8-4-2-1-3-7(8)9/h1-12H;1-6H. The van der Waals surface area contributed by atoms with E-state index in [4.69, 9.17) is 0 Å². The Labute approximate surface area is 153 Å². The first-order chi connectivity index (χ1) is 12.7. The highest BCUT2D eigenvalue weighted by atomic mass is 16.1. The number of allylic oxidation sites excluding steroid dienone is 2. The summed E-state index contributed by atoms with van der Waals surface area (Å²) in [5.41, 5.74) is 3.47. The van der Waals surface area contributed by atoms with Crippen molar-refractivity contribution in [3.8, 4) is 0 Å². The smallest absolute Gasteiger partial charge is 0.186 e. The van der Waals surface area contributed by atoms with Crippen LogP contribution in [0.25, 0.3) is 12.2 Å². The van der Waals surface area contributed by atoms with Crippen molar-refractivity contribution in [2.45, 2.75) is 0 Å². The number of ketones is 2. The molecule has 4 rings (SSSR count). The molecule has 26 heavy (non-hydrogen) atoms. The SMILES string of the molecule is C(=Cc1ccccc1)c1ccccc1.O=C1C=CC(=O)c2ccccc21. The van der Waals surface area contributed by atoms with E-state index in [0.29, 0.717) is 11.1 Å². The Morgan fingerprint density at radius 1 is 0.462 bits per heavy atom. The van der Waals surface area contributed by atoms with E-state index >= 15 is 0 Å². The van der Waals surface area contributed by atoms with E-state index in [-0.39, 0.29) is 11.6 Å². The Morgan fingerprint density at radius 3 is 1.19 bits per heavy atom. The summed E-state index contributed by atoms with van der Waals surface area (Å²) in [6.07, 6.45) is 6.86. The average molecular weight is 338 g/mol. The van der Waals surface area contributed by atoms with Crippen molar-refractivity contribution in [2.24, 2.45) is 0 Å². The van der Waals surface area contributed by atoms with Crippen LogP contribution in [0.3, 0.4) is 0 Å². The molecular formula is C24H18O2. The lowest BCUT2D eigenvalue weighted by Crippen LogP contribution is -2.10. The Morgan fingerprint density at radius 2 is 0.808 bits per heavy atom. The Hall–Kier alpha value is -3.52. The van der Waals surface area contributed by atoms with Gasteiger partial charge in [0, 0.05) is 11.1 Å². The van der Waals surface area contributed by atoms with Crippen LogP contribution in [0.4, 0.5) is 0 Å². The highest BCUT2D eigenvalue weighted by Gasteiger charge is 2.16.